The molecule has 2 atom stereocenters. The van der Waals surface area contributed by atoms with Gasteiger partial charge >= 0.3 is 18.3 Å². The van der Waals surface area contributed by atoms with Gasteiger partial charge in [0.25, 0.3) is 0 Å². The number of nitrogens with zero attached hydrogens (tertiary/aromatic N) is 1. The molecule has 0 bridgehead atoms. The van der Waals surface area contributed by atoms with Crippen molar-refractivity contribution in [2.45, 2.75) is 58.3 Å². The van der Waals surface area contributed by atoms with Crippen LogP contribution in [0.15, 0.2) is 28.7 Å². The van der Waals surface area contributed by atoms with Crippen molar-refractivity contribution in [1.82, 2.24) is 4.90 Å². The minimum Gasteiger partial charge on any atom is -0.443 e. The summed E-state index contributed by atoms with van der Waals surface area (Å²) in [5, 5.41) is 0. The number of ether oxygens (including phenoxy) is 2. The molecule has 2 rings (SSSR count). The molecule has 0 saturated carbocycles. The zero-order valence-corrected chi connectivity index (χ0v) is 16.7. The van der Waals surface area contributed by atoms with Crippen LogP contribution >= 0.6 is 15.9 Å². The summed E-state index contributed by atoms with van der Waals surface area (Å²) in [4.78, 5) is 41.9. The highest BCUT2D eigenvalue weighted by Gasteiger charge is 2.46. The van der Waals surface area contributed by atoms with Crippen molar-refractivity contribution in [3.05, 3.63) is 34.3 Å². The molecule has 1 aliphatic rings. The van der Waals surface area contributed by atoms with Crippen LogP contribution in [0.4, 0.5) is 9.59 Å². The van der Waals surface area contributed by atoms with Gasteiger partial charge in [0.1, 0.15) is 11.7 Å². The summed E-state index contributed by atoms with van der Waals surface area (Å²) in [6.07, 6.45) is -0.171. The Kier molecular flexibility index (Phi) is 7.99. The fourth-order valence-electron chi connectivity index (χ4n) is 2.53. The smallest absolute Gasteiger partial charge is 0.420 e. The van der Waals surface area contributed by atoms with E-state index in [1.807, 2.05) is 31.2 Å². The third-order valence-corrected chi connectivity index (χ3v) is 4.09. The SMILES string of the molecule is CC[C@H]1OC(=O)N(C(=O)OC(C)(C)C)[C@@H]1Cc1ccc(Br)cc1.O=C=O. The normalized spacial score (nSPS) is 19.1. The number of hydrogen-bond donors (Lipinski definition) is 0. The van der Waals surface area contributed by atoms with E-state index in [0.717, 1.165) is 14.9 Å². The van der Waals surface area contributed by atoms with Gasteiger partial charge in [-0.05, 0) is 51.3 Å². The van der Waals surface area contributed by atoms with E-state index in [9.17, 15) is 9.59 Å². The van der Waals surface area contributed by atoms with Gasteiger partial charge in [-0.15, -0.1) is 0 Å². The van der Waals surface area contributed by atoms with Crippen LogP contribution in [0.3, 0.4) is 0 Å². The van der Waals surface area contributed by atoms with E-state index >= 15 is 0 Å². The molecular formula is C18H22BrNO6. The lowest BCUT2D eigenvalue weighted by molar-refractivity contribution is -0.191. The number of amides is 2. The minimum atomic E-state index is -0.663. The molecule has 0 unspecified atom stereocenters. The maximum absolute atomic E-state index is 12.4. The highest BCUT2D eigenvalue weighted by atomic mass is 79.9. The first-order chi connectivity index (χ1) is 12.1. The molecule has 2 amide bonds. The number of cyclic esters (lactones) is 1. The number of hydrogen-bond acceptors (Lipinski definition) is 6. The third-order valence-electron chi connectivity index (χ3n) is 3.56. The van der Waals surface area contributed by atoms with Crippen molar-refractivity contribution in [2.24, 2.45) is 0 Å². The fraction of sp³-hybridized carbons (Fsp3) is 0.500. The zero-order valence-electron chi connectivity index (χ0n) is 15.2. The summed E-state index contributed by atoms with van der Waals surface area (Å²) in [6.45, 7) is 7.25. The Bertz CT molecular complexity index is 661. The van der Waals surface area contributed by atoms with Gasteiger partial charge in [0.15, 0.2) is 0 Å². The molecule has 1 saturated heterocycles. The lowest BCUT2D eigenvalue weighted by Crippen LogP contribution is -2.45. The topological polar surface area (TPSA) is 90.0 Å². The first-order valence-corrected chi connectivity index (χ1v) is 8.88. The van der Waals surface area contributed by atoms with Gasteiger partial charge in [-0.1, -0.05) is 35.0 Å². The average Bonchev–Trinajstić information content (AvgIpc) is 2.84. The van der Waals surface area contributed by atoms with Crippen LogP contribution in [0, 0.1) is 0 Å². The molecule has 1 fully saturated rings. The van der Waals surface area contributed by atoms with E-state index in [1.54, 1.807) is 20.8 Å². The van der Waals surface area contributed by atoms with E-state index in [1.165, 1.54) is 0 Å². The Hall–Kier alpha value is -2.18. The summed E-state index contributed by atoms with van der Waals surface area (Å²) >= 11 is 3.40. The third kappa shape index (κ3) is 6.28. The standard InChI is InChI=1S/C17H22BrNO4.CO2/c1-5-14-13(10-11-6-8-12(18)9-7-11)19(15(20)22-14)16(21)23-17(2,3)4;2-1-3/h6-9,13-14H,5,10H2,1-4H3;/t13-,14-;/m1./s1. The molecule has 142 valence electrons. The number of rotatable bonds is 3. The molecule has 26 heavy (non-hydrogen) atoms. The highest BCUT2D eigenvalue weighted by Crippen LogP contribution is 2.27. The Labute approximate surface area is 160 Å². The predicted molar refractivity (Wildman–Crippen MR) is 95.3 cm³/mol. The molecule has 0 N–H and O–H groups in total. The number of carbonyl (C=O) groups excluding carboxylic acids is 4. The van der Waals surface area contributed by atoms with Crippen LogP contribution in [0.2, 0.25) is 0 Å². The molecule has 1 aromatic rings. The molecule has 8 heteroatoms. The molecule has 0 aliphatic carbocycles. The highest BCUT2D eigenvalue weighted by molar-refractivity contribution is 9.10. The van der Waals surface area contributed by atoms with E-state index in [2.05, 4.69) is 15.9 Å². The van der Waals surface area contributed by atoms with Crippen molar-refractivity contribution >= 4 is 34.3 Å². The molecular weight excluding hydrogens is 406 g/mol. The fourth-order valence-corrected chi connectivity index (χ4v) is 2.79. The number of imide groups is 1. The number of benzene rings is 1. The largest absolute Gasteiger partial charge is 0.443 e. The number of halogens is 1. The molecule has 1 heterocycles. The number of carbonyl (C=O) groups is 2. The molecule has 0 radical (unpaired) electrons. The zero-order chi connectivity index (χ0) is 19.9. The summed E-state index contributed by atoms with van der Waals surface area (Å²) in [5.41, 5.74) is 0.368. The summed E-state index contributed by atoms with van der Waals surface area (Å²) in [6, 6.07) is 7.44. The minimum absolute atomic E-state index is 0.250. The molecule has 0 aromatic heterocycles. The lowest BCUT2D eigenvalue weighted by Gasteiger charge is -2.26. The first-order valence-electron chi connectivity index (χ1n) is 8.09. The molecule has 7 nitrogen and oxygen atoms in total. The van der Waals surface area contributed by atoms with Gasteiger partial charge in [0.2, 0.25) is 0 Å². The van der Waals surface area contributed by atoms with Crippen molar-refractivity contribution < 1.29 is 28.7 Å². The second-order valence-electron chi connectivity index (χ2n) is 6.66. The lowest BCUT2D eigenvalue weighted by atomic mass is 9.99. The Balaban J connectivity index is 0.00000105. The van der Waals surface area contributed by atoms with E-state index in [-0.39, 0.29) is 18.3 Å². The molecule has 1 aliphatic heterocycles. The first kappa shape index (κ1) is 21.9. The second-order valence-corrected chi connectivity index (χ2v) is 7.58. The van der Waals surface area contributed by atoms with Crippen molar-refractivity contribution in [3.8, 4) is 0 Å². The maximum atomic E-state index is 12.4. The quantitative estimate of drug-likeness (QED) is 0.725. The molecule has 0 spiro atoms. The van der Waals surface area contributed by atoms with Crippen LogP contribution < -0.4 is 0 Å². The Morgan fingerprint density at radius 3 is 2.27 bits per heavy atom. The van der Waals surface area contributed by atoms with E-state index in [4.69, 9.17) is 19.1 Å². The van der Waals surface area contributed by atoms with E-state index < -0.39 is 17.8 Å². The average molecular weight is 428 g/mol. The van der Waals surface area contributed by atoms with Crippen LogP contribution in [-0.4, -0.2) is 41.0 Å². The summed E-state index contributed by atoms with van der Waals surface area (Å²) < 4.78 is 11.7. The van der Waals surface area contributed by atoms with Gasteiger partial charge in [-0.2, -0.15) is 9.59 Å². The van der Waals surface area contributed by atoms with E-state index in [0.29, 0.717) is 12.8 Å². The van der Waals surface area contributed by atoms with Crippen molar-refractivity contribution in [3.63, 3.8) is 0 Å². The predicted octanol–water partition coefficient (Wildman–Crippen LogP) is 3.94. The van der Waals surface area contributed by atoms with Gasteiger partial charge in [-0.25, -0.2) is 14.5 Å². The monoisotopic (exact) mass is 427 g/mol. The maximum Gasteiger partial charge on any atom is 0.420 e. The Morgan fingerprint density at radius 1 is 1.27 bits per heavy atom. The Morgan fingerprint density at radius 2 is 1.81 bits per heavy atom. The second kappa shape index (κ2) is 9.50. The van der Waals surface area contributed by atoms with Crippen LogP contribution in [0.1, 0.15) is 39.7 Å². The summed E-state index contributed by atoms with van der Waals surface area (Å²) in [7, 11) is 0. The summed E-state index contributed by atoms with van der Waals surface area (Å²) in [5.74, 6) is 0. The van der Waals surface area contributed by atoms with Gasteiger partial charge in [-0.3, -0.25) is 0 Å². The van der Waals surface area contributed by atoms with Gasteiger partial charge < -0.3 is 9.47 Å². The van der Waals surface area contributed by atoms with Gasteiger partial charge in [0, 0.05) is 4.47 Å². The van der Waals surface area contributed by atoms with Crippen molar-refractivity contribution in [1.29, 1.82) is 0 Å². The van der Waals surface area contributed by atoms with Crippen molar-refractivity contribution in [2.75, 3.05) is 0 Å². The van der Waals surface area contributed by atoms with Crippen LogP contribution in [-0.2, 0) is 25.5 Å². The van der Waals surface area contributed by atoms with Crippen LogP contribution in [0.25, 0.3) is 0 Å². The van der Waals surface area contributed by atoms with Gasteiger partial charge in [0.05, 0.1) is 6.04 Å². The van der Waals surface area contributed by atoms with Crippen LogP contribution in [0.5, 0.6) is 0 Å². The molecule has 1 aromatic carbocycles.